The van der Waals surface area contributed by atoms with Gasteiger partial charge in [-0.2, -0.15) is 11.8 Å². The van der Waals surface area contributed by atoms with E-state index in [4.69, 9.17) is 10.2 Å². The van der Waals surface area contributed by atoms with Crippen molar-refractivity contribution < 1.29 is 24.6 Å². The lowest BCUT2D eigenvalue weighted by Crippen LogP contribution is -2.41. The molecule has 0 saturated heterocycles. The summed E-state index contributed by atoms with van der Waals surface area (Å²) in [6.07, 6.45) is 3.53. The van der Waals surface area contributed by atoms with Crippen molar-refractivity contribution in [3.63, 3.8) is 0 Å². The van der Waals surface area contributed by atoms with E-state index in [1.807, 2.05) is 36.6 Å². The fourth-order valence-corrected chi connectivity index (χ4v) is 3.06. The van der Waals surface area contributed by atoms with Crippen molar-refractivity contribution >= 4 is 29.6 Å². The molecule has 3 N–H and O–H groups in total. The zero-order valence-electron chi connectivity index (χ0n) is 14.3. The van der Waals surface area contributed by atoms with E-state index in [9.17, 15) is 14.4 Å². The van der Waals surface area contributed by atoms with E-state index in [2.05, 4.69) is 5.32 Å². The Balaban J connectivity index is 2.50. The molecular weight excluding hydrogens is 342 g/mol. The largest absolute Gasteiger partial charge is 0.481 e. The van der Waals surface area contributed by atoms with Crippen LogP contribution in [0.15, 0.2) is 30.3 Å². The lowest BCUT2D eigenvalue weighted by molar-refractivity contribution is -0.142. The molecule has 2 atom stereocenters. The fraction of sp³-hybridized carbons (Fsp3) is 0.500. The molecule has 1 amide bonds. The lowest BCUT2D eigenvalue weighted by atomic mass is 9.90. The highest BCUT2D eigenvalue weighted by molar-refractivity contribution is 7.98. The maximum absolute atomic E-state index is 12.0. The third-order valence-corrected chi connectivity index (χ3v) is 4.54. The van der Waals surface area contributed by atoms with Gasteiger partial charge in [-0.3, -0.25) is 9.59 Å². The molecule has 138 valence electrons. The molecule has 0 spiro atoms. The van der Waals surface area contributed by atoms with Gasteiger partial charge < -0.3 is 15.5 Å². The van der Waals surface area contributed by atoms with Gasteiger partial charge in [0.25, 0.3) is 0 Å². The molecule has 0 radical (unpaired) electrons. The molecule has 1 rings (SSSR count). The van der Waals surface area contributed by atoms with Crippen LogP contribution in [0.4, 0.5) is 0 Å². The lowest BCUT2D eigenvalue weighted by Gasteiger charge is -2.16. The van der Waals surface area contributed by atoms with Crippen molar-refractivity contribution in [2.45, 2.75) is 44.1 Å². The van der Waals surface area contributed by atoms with Gasteiger partial charge in [0.15, 0.2) is 0 Å². The van der Waals surface area contributed by atoms with Gasteiger partial charge >= 0.3 is 11.9 Å². The van der Waals surface area contributed by atoms with Gasteiger partial charge in [0.2, 0.25) is 5.91 Å². The highest BCUT2D eigenvalue weighted by atomic mass is 32.2. The molecule has 0 aliphatic heterocycles. The minimum absolute atomic E-state index is 0.0110. The Morgan fingerprint density at radius 3 is 2.36 bits per heavy atom. The number of hydrogen-bond donors (Lipinski definition) is 3. The highest BCUT2D eigenvalue weighted by Crippen LogP contribution is 2.25. The molecule has 1 aromatic rings. The van der Waals surface area contributed by atoms with Gasteiger partial charge in [-0.1, -0.05) is 30.3 Å². The maximum Gasteiger partial charge on any atom is 0.326 e. The molecule has 0 heterocycles. The number of aliphatic carboxylic acids is 2. The first-order valence-electron chi connectivity index (χ1n) is 8.22. The summed E-state index contributed by atoms with van der Waals surface area (Å²) in [6, 6.07) is 8.49. The van der Waals surface area contributed by atoms with E-state index < -0.39 is 18.0 Å². The average Bonchev–Trinajstić information content (AvgIpc) is 2.58. The number of thioether (sulfide) groups is 1. The van der Waals surface area contributed by atoms with E-state index in [1.54, 1.807) is 0 Å². The number of nitrogens with one attached hydrogen (secondary N) is 1. The SMILES string of the molecule is CSCC[C@H](NC(=O)CCC[C@H](CC(=O)O)c1ccccc1)C(=O)O. The minimum atomic E-state index is -1.03. The molecule has 6 nitrogen and oxygen atoms in total. The third kappa shape index (κ3) is 8.58. The number of rotatable bonds is 12. The van der Waals surface area contributed by atoms with Crippen molar-refractivity contribution in [3.05, 3.63) is 35.9 Å². The van der Waals surface area contributed by atoms with Gasteiger partial charge in [-0.15, -0.1) is 0 Å². The number of hydrogen-bond acceptors (Lipinski definition) is 4. The second-order valence-corrected chi connectivity index (χ2v) is 6.82. The molecule has 0 aliphatic carbocycles. The number of carbonyl (C=O) groups excluding carboxylic acids is 1. The van der Waals surface area contributed by atoms with Crippen LogP contribution in [0.1, 0.15) is 43.6 Å². The van der Waals surface area contributed by atoms with Gasteiger partial charge in [0, 0.05) is 6.42 Å². The predicted octanol–water partition coefficient (Wildman–Crippen LogP) is 2.74. The van der Waals surface area contributed by atoms with Gasteiger partial charge in [-0.05, 0) is 42.8 Å². The van der Waals surface area contributed by atoms with Crippen LogP contribution in [0.3, 0.4) is 0 Å². The summed E-state index contributed by atoms with van der Waals surface area (Å²) in [7, 11) is 0. The monoisotopic (exact) mass is 367 g/mol. The Kier molecular flexibility index (Phi) is 9.69. The van der Waals surface area contributed by atoms with Crippen LogP contribution in [0, 0.1) is 0 Å². The van der Waals surface area contributed by atoms with E-state index in [0.717, 1.165) is 5.56 Å². The normalized spacial score (nSPS) is 13.0. The summed E-state index contributed by atoms with van der Waals surface area (Å²) >= 11 is 1.53. The Morgan fingerprint density at radius 2 is 1.80 bits per heavy atom. The summed E-state index contributed by atoms with van der Waals surface area (Å²) in [5.41, 5.74) is 0.939. The van der Waals surface area contributed by atoms with Crippen LogP contribution in [0.2, 0.25) is 0 Å². The molecule has 0 bridgehead atoms. The number of carbonyl (C=O) groups is 3. The fourth-order valence-electron chi connectivity index (χ4n) is 2.59. The van der Waals surface area contributed by atoms with Crippen LogP contribution in [0.5, 0.6) is 0 Å². The standard InChI is InChI=1S/C18H25NO5S/c1-25-11-10-15(18(23)24)19-16(20)9-5-8-14(12-17(21)22)13-6-3-2-4-7-13/h2-4,6-7,14-15H,5,8-12H2,1H3,(H,19,20)(H,21,22)(H,23,24)/t14-,15+/m1/s1. The molecular formula is C18H25NO5S. The van der Waals surface area contributed by atoms with Crippen LogP contribution >= 0.6 is 11.8 Å². The van der Waals surface area contributed by atoms with E-state index in [0.29, 0.717) is 25.0 Å². The minimum Gasteiger partial charge on any atom is -0.481 e. The topological polar surface area (TPSA) is 104 Å². The quantitative estimate of drug-likeness (QED) is 0.525. The third-order valence-electron chi connectivity index (χ3n) is 3.89. The molecule has 1 aromatic carbocycles. The first-order chi connectivity index (χ1) is 11.9. The smallest absolute Gasteiger partial charge is 0.326 e. The number of benzene rings is 1. The van der Waals surface area contributed by atoms with Crippen molar-refractivity contribution in [1.29, 1.82) is 0 Å². The first-order valence-corrected chi connectivity index (χ1v) is 9.61. The molecule has 25 heavy (non-hydrogen) atoms. The zero-order chi connectivity index (χ0) is 18.7. The molecule has 0 aliphatic rings. The van der Waals surface area contributed by atoms with Crippen molar-refractivity contribution in [3.8, 4) is 0 Å². The van der Waals surface area contributed by atoms with Crippen LogP contribution in [-0.4, -0.2) is 46.1 Å². The van der Waals surface area contributed by atoms with Crippen molar-refractivity contribution in [2.75, 3.05) is 12.0 Å². The van der Waals surface area contributed by atoms with Crippen molar-refractivity contribution in [1.82, 2.24) is 5.32 Å². The molecule has 0 saturated carbocycles. The van der Waals surface area contributed by atoms with Crippen LogP contribution in [0.25, 0.3) is 0 Å². The van der Waals surface area contributed by atoms with E-state index in [1.165, 1.54) is 11.8 Å². The maximum atomic E-state index is 12.0. The number of amides is 1. The Bertz CT molecular complexity index is 564. The zero-order valence-corrected chi connectivity index (χ0v) is 15.1. The molecule has 0 fully saturated rings. The Labute approximate surface area is 152 Å². The Hall–Kier alpha value is -2.02. The average molecular weight is 367 g/mol. The summed E-state index contributed by atoms with van der Waals surface area (Å²) in [5.74, 6) is -1.71. The number of carboxylic acid groups (broad SMARTS) is 2. The summed E-state index contributed by atoms with van der Waals surface area (Å²) in [6.45, 7) is 0. The second-order valence-electron chi connectivity index (χ2n) is 5.84. The molecule has 0 unspecified atom stereocenters. The van der Waals surface area contributed by atoms with Gasteiger partial charge in [-0.25, -0.2) is 4.79 Å². The van der Waals surface area contributed by atoms with E-state index >= 15 is 0 Å². The summed E-state index contributed by atoms with van der Waals surface area (Å²) in [4.78, 5) is 34.2. The number of carboxylic acids is 2. The van der Waals surface area contributed by atoms with E-state index in [-0.39, 0.29) is 24.7 Å². The highest BCUT2D eigenvalue weighted by Gasteiger charge is 2.20. The van der Waals surface area contributed by atoms with Gasteiger partial charge in [0.1, 0.15) is 6.04 Å². The van der Waals surface area contributed by atoms with Crippen molar-refractivity contribution in [2.24, 2.45) is 0 Å². The molecule has 7 heteroatoms. The van der Waals surface area contributed by atoms with Gasteiger partial charge in [0.05, 0.1) is 6.42 Å². The summed E-state index contributed by atoms with van der Waals surface area (Å²) in [5, 5.41) is 20.7. The predicted molar refractivity (Wildman–Crippen MR) is 97.9 cm³/mol. The van der Waals surface area contributed by atoms with Crippen LogP contribution in [-0.2, 0) is 14.4 Å². The van der Waals surface area contributed by atoms with Crippen LogP contribution < -0.4 is 5.32 Å². The first kappa shape index (κ1) is 21.0. The summed E-state index contributed by atoms with van der Waals surface area (Å²) < 4.78 is 0. The Morgan fingerprint density at radius 1 is 1.12 bits per heavy atom. The molecule has 0 aromatic heterocycles. The second kappa shape index (κ2) is 11.5.